The minimum Gasteiger partial charge on any atom is -0.493 e. The van der Waals surface area contributed by atoms with Gasteiger partial charge in [0.05, 0.1) is 12.1 Å². The van der Waals surface area contributed by atoms with Crippen molar-refractivity contribution in [3.05, 3.63) is 82.8 Å². The third kappa shape index (κ3) is 6.07. The molecule has 0 fully saturated rings. The lowest BCUT2D eigenvalue weighted by molar-refractivity contribution is 0.278. The average Bonchev–Trinajstić information content (AvgIpc) is 2.74. The summed E-state index contributed by atoms with van der Waals surface area (Å²) in [6, 6.07) is 15.5. The fraction of sp³-hybridized carbons (Fsp3) is 0.227. The number of benzene rings is 2. The first kappa shape index (κ1) is 20.9. The van der Waals surface area contributed by atoms with E-state index in [0.717, 1.165) is 5.56 Å². The Morgan fingerprint density at radius 2 is 1.93 bits per heavy atom. The van der Waals surface area contributed by atoms with Crippen molar-refractivity contribution in [2.24, 2.45) is 0 Å². The van der Waals surface area contributed by atoms with Crippen molar-refractivity contribution < 1.29 is 18.6 Å². The molecular formula is C22H22ClFN2O3. The van der Waals surface area contributed by atoms with Gasteiger partial charge < -0.3 is 19.5 Å². The van der Waals surface area contributed by atoms with Crippen LogP contribution in [0.3, 0.4) is 0 Å². The molecule has 5 nitrogen and oxygen atoms in total. The van der Waals surface area contributed by atoms with Gasteiger partial charge in [0.25, 0.3) is 0 Å². The number of pyridine rings is 1. The first-order valence-electron chi connectivity index (χ1n) is 9.14. The Labute approximate surface area is 174 Å². The standard InChI is InChI=1S/C22H22ClFN2O3/c1-27-20-6-4-5-16(14-25-11-12-28-21-7-2-3-10-26-21)22(20)29-15-17-8-9-18(24)13-19(17)23/h2-10,13,25H,11-12,14-15H2,1H3. The predicted octanol–water partition coefficient (Wildman–Crippen LogP) is 4.63. The van der Waals surface area contributed by atoms with Crippen LogP contribution in [0.2, 0.25) is 5.02 Å². The summed E-state index contributed by atoms with van der Waals surface area (Å²) >= 11 is 6.10. The van der Waals surface area contributed by atoms with Crippen molar-refractivity contribution in [2.45, 2.75) is 13.2 Å². The molecule has 1 N–H and O–H groups in total. The van der Waals surface area contributed by atoms with Gasteiger partial charge in [-0.15, -0.1) is 0 Å². The Hall–Kier alpha value is -2.83. The van der Waals surface area contributed by atoms with Gasteiger partial charge in [0, 0.05) is 36.5 Å². The van der Waals surface area contributed by atoms with Crippen LogP contribution < -0.4 is 19.5 Å². The molecule has 3 rings (SSSR count). The van der Waals surface area contributed by atoms with Crippen LogP contribution >= 0.6 is 11.6 Å². The molecule has 7 heteroatoms. The summed E-state index contributed by atoms with van der Waals surface area (Å²) in [7, 11) is 1.59. The zero-order chi connectivity index (χ0) is 20.5. The highest BCUT2D eigenvalue weighted by atomic mass is 35.5. The van der Waals surface area contributed by atoms with Crippen LogP contribution in [0.5, 0.6) is 17.4 Å². The fourth-order valence-electron chi connectivity index (χ4n) is 2.70. The molecule has 1 heterocycles. The second-order valence-corrected chi connectivity index (χ2v) is 6.57. The summed E-state index contributed by atoms with van der Waals surface area (Å²) in [6.45, 7) is 1.89. The van der Waals surface area contributed by atoms with Gasteiger partial charge in [0.1, 0.15) is 19.0 Å². The molecule has 29 heavy (non-hydrogen) atoms. The number of hydrogen-bond donors (Lipinski definition) is 1. The highest BCUT2D eigenvalue weighted by molar-refractivity contribution is 6.31. The van der Waals surface area contributed by atoms with Crippen LogP contribution in [0.1, 0.15) is 11.1 Å². The molecule has 3 aromatic rings. The molecule has 0 aliphatic heterocycles. The van der Waals surface area contributed by atoms with Crippen molar-refractivity contribution >= 4 is 11.6 Å². The van der Waals surface area contributed by atoms with Crippen molar-refractivity contribution in [2.75, 3.05) is 20.3 Å². The molecule has 152 valence electrons. The SMILES string of the molecule is COc1cccc(CNCCOc2ccccn2)c1OCc1ccc(F)cc1Cl. The highest BCUT2D eigenvalue weighted by Crippen LogP contribution is 2.32. The van der Waals surface area contributed by atoms with Crippen LogP contribution in [-0.4, -0.2) is 25.2 Å². The molecule has 0 atom stereocenters. The van der Waals surface area contributed by atoms with Gasteiger partial charge in [0.15, 0.2) is 11.5 Å². The smallest absolute Gasteiger partial charge is 0.213 e. The van der Waals surface area contributed by atoms with E-state index < -0.39 is 0 Å². The third-order valence-corrected chi connectivity index (χ3v) is 4.50. The topological polar surface area (TPSA) is 52.6 Å². The van der Waals surface area contributed by atoms with Gasteiger partial charge >= 0.3 is 0 Å². The second-order valence-electron chi connectivity index (χ2n) is 6.17. The Kier molecular flexibility index (Phi) is 7.67. The number of nitrogens with zero attached hydrogens (tertiary/aromatic N) is 1. The van der Waals surface area contributed by atoms with Gasteiger partial charge in [-0.3, -0.25) is 0 Å². The summed E-state index contributed by atoms with van der Waals surface area (Å²) < 4.78 is 30.2. The van der Waals surface area contributed by atoms with Crippen molar-refractivity contribution in [3.63, 3.8) is 0 Å². The minimum atomic E-state index is -0.381. The predicted molar refractivity (Wildman–Crippen MR) is 110 cm³/mol. The number of rotatable bonds is 10. The maximum absolute atomic E-state index is 13.2. The maximum atomic E-state index is 13.2. The molecule has 0 amide bonds. The monoisotopic (exact) mass is 416 g/mol. The molecule has 0 spiro atoms. The molecule has 1 aromatic heterocycles. The lowest BCUT2D eigenvalue weighted by Crippen LogP contribution is -2.21. The number of aromatic nitrogens is 1. The largest absolute Gasteiger partial charge is 0.493 e. The first-order valence-corrected chi connectivity index (χ1v) is 9.52. The molecule has 2 aromatic carbocycles. The molecule has 0 saturated carbocycles. The zero-order valence-electron chi connectivity index (χ0n) is 16.0. The van der Waals surface area contributed by atoms with Crippen molar-refractivity contribution in [1.82, 2.24) is 10.3 Å². The van der Waals surface area contributed by atoms with Crippen molar-refractivity contribution in [3.8, 4) is 17.4 Å². The van der Waals surface area contributed by atoms with E-state index in [2.05, 4.69) is 10.3 Å². The van der Waals surface area contributed by atoms with Crippen LogP contribution in [-0.2, 0) is 13.2 Å². The van der Waals surface area contributed by atoms with E-state index in [1.54, 1.807) is 19.4 Å². The number of para-hydroxylation sites is 1. The lowest BCUT2D eigenvalue weighted by Gasteiger charge is -2.16. The zero-order valence-corrected chi connectivity index (χ0v) is 16.8. The van der Waals surface area contributed by atoms with Crippen molar-refractivity contribution in [1.29, 1.82) is 0 Å². The van der Waals surface area contributed by atoms with Gasteiger partial charge in [-0.2, -0.15) is 0 Å². The second kappa shape index (κ2) is 10.6. The summed E-state index contributed by atoms with van der Waals surface area (Å²) in [5.41, 5.74) is 1.63. The van der Waals surface area contributed by atoms with Crippen LogP contribution in [0.15, 0.2) is 60.8 Å². The quantitative estimate of drug-likeness (QED) is 0.488. The molecule has 0 aliphatic rings. The Balaban J connectivity index is 1.58. The normalized spacial score (nSPS) is 10.6. The Morgan fingerprint density at radius 1 is 1.03 bits per heavy atom. The van der Waals surface area contributed by atoms with E-state index in [-0.39, 0.29) is 12.4 Å². The maximum Gasteiger partial charge on any atom is 0.213 e. The van der Waals surface area contributed by atoms with Crippen LogP contribution in [0.4, 0.5) is 4.39 Å². The van der Waals surface area contributed by atoms with Gasteiger partial charge in [-0.25, -0.2) is 9.37 Å². The van der Waals surface area contributed by atoms with E-state index >= 15 is 0 Å². The van der Waals surface area contributed by atoms with E-state index in [1.165, 1.54) is 12.1 Å². The third-order valence-electron chi connectivity index (χ3n) is 4.15. The molecule has 0 aliphatic carbocycles. The van der Waals surface area contributed by atoms with E-state index in [4.69, 9.17) is 25.8 Å². The van der Waals surface area contributed by atoms with Crippen LogP contribution in [0, 0.1) is 5.82 Å². The lowest BCUT2D eigenvalue weighted by atomic mass is 10.1. The summed E-state index contributed by atoms with van der Waals surface area (Å²) in [5, 5.41) is 3.64. The summed E-state index contributed by atoms with van der Waals surface area (Å²) in [6.07, 6.45) is 1.69. The Morgan fingerprint density at radius 3 is 2.69 bits per heavy atom. The van der Waals surface area contributed by atoms with E-state index in [9.17, 15) is 4.39 Å². The van der Waals surface area contributed by atoms with E-state index in [0.29, 0.717) is 47.7 Å². The Bertz CT molecular complexity index is 925. The molecule has 0 radical (unpaired) electrons. The number of methoxy groups -OCH3 is 1. The van der Waals surface area contributed by atoms with Gasteiger partial charge in [0.2, 0.25) is 5.88 Å². The minimum absolute atomic E-state index is 0.204. The molecular weight excluding hydrogens is 395 g/mol. The number of ether oxygens (including phenoxy) is 3. The average molecular weight is 417 g/mol. The summed E-state index contributed by atoms with van der Waals surface area (Å²) in [5.74, 6) is 1.45. The molecule has 0 saturated heterocycles. The number of hydrogen-bond acceptors (Lipinski definition) is 5. The van der Waals surface area contributed by atoms with Gasteiger partial charge in [-0.05, 0) is 24.3 Å². The van der Waals surface area contributed by atoms with Gasteiger partial charge in [-0.1, -0.05) is 35.9 Å². The number of halogens is 2. The number of nitrogens with one attached hydrogen (secondary N) is 1. The molecule has 0 unspecified atom stereocenters. The van der Waals surface area contributed by atoms with Crippen LogP contribution in [0.25, 0.3) is 0 Å². The highest BCUT2D eigenvalue weighted by Gasteiger charge is 2.12. The van der Waals surface area contributed by atoms with E-state index in [1.807, 2.05) is 36.4 Å². The fourth-order valence-corrected chi connectivity index (χ4v) is 2.92. The summed E-state index contributed by atoms with van der Waals surface area (Å²) in [4.78, 5) is 4.12. The first-order chi connectivity index (χ1) is 14.2. The molecule has 0 bridgehead atoms.